The van der Waals surface area contributed by atoms with Gasteiger partial charge in [0.2, 0.25) is 0 Å². The molecule has 114 valence electrons. The van der Waals surface area contributed by atoms with Crippen molar-refractivity contribution in [3.8, 4) is 0 Å². The maximum absolute atomic E-state index is 12.0. The van der Waals surface area contributed by atoms with Crippen LogP contribution in [0.15, 0.2) is 30.3 Å². The number of likely N-dealkylation sites (tertiary alicyclic amines) is 1. The topological polar surface area (TPSA) is 81.9 Å². The molecule has 1 aromatic rings. The number of nitrogens with zero attached hydrogens (tertiary/aromatic N) is 1. The highest BCUT2D eigenvalue weighted by Gasteiger charge is 2.40. The Morgan fingerprint density at radius 1 is 1.29 bits per heavy atom. The molecule has 2 atom stereocenters. The minimum absolute atomic E-state index is 0.0817. The van der Waals surface area contributed by atoms with Gasteiger partial charge in [-0.1, -0.05) is 30.3 Å². The molecular formula is C15H20N2O4. The Morgan fingerprint density at radius 3 is 2.62 bits per heavy atom. The first-order valence-electron chi connectivity index (χ1n) is 6.89. The molecule has 6 nitrogen and oxygen atoms in total. The normalized spacial score (nSPS) is 21.1. The SMILES string of the molecule is COC(=O)C1CN(C(=O)OCc2ccccc2)CC1CN. The van der Waals surface area contributed by atoms with Gasteiger partial charge in [-0.05, 0) is 12.1 Å². The van der Waals surface area contributed by atoms with Crippen LogP contribution >= 0.6 is 0 Å². The summed E-state index contributed by atoms with van der Waals surface area (Å²) in [7, 11) is 1.34. The molecule has 21 heavy (non-hydrogen) atoms. The highest BCUT2D eigenvalue weighted by atomic mass is 16.6. The average molecular weight is 292 g/mol. The largest absolute Gasteiger partial charge is 0.469 e. The van der Waals surface area contributed by atoms with E-state index in [1.807, 2.05) is 30.3 Å². The molecule has 2 rings (SSSR count). The summed E-state index contributed by atoms with van der Waals surface area (Å²) < 4.78 is 10.0. The zero-order chi connectivity index (χ0) is 15.2. The number of ether oxygens (including phenoxy) is 2. The molecule has 6 heteroatoms. The number of methoxy groups -OCH3 is 1. The van der Waals surface area contributed by atoms with Crippen LogP contribution < -0.4 is 5.73 Å². The van der Waals surface area contributed by atoms with Crippen LogP contribution in [0.25, 0.3) is 0 Å². The van der Waals surface area contributed by atoms with E-state index < -0.39 is 6.09 Å². The highest BCUT2D eigenvalue weighted by molar-refractivity contribution is 5.76. The average Bonchev–Trinajstić information content (AvgIpc) is 2.97. The Hall–Kier alpha value is -2.08. The lowest BCUT2D eigenvalue weighted by Crippen LogP contribution is -2.30. The van der Waals surface area contributed by atoms with Crippen LogP contribution in [0.3, 0.4) is 0 Å². The van der Waals surface area contributed by atoms with Gasteiger partial charge in [0.25, 0.3) is 0 Å². The Labute approximate surface area is 123 Å². The van der Waals surface area contributed by atoms with Crippen molar-refractivity contribution in [2.75, 3.05) is 26.7 Å². The molecule has 2 N–H and O–H groups in total. The molecule has 1 aromatic carbocycles. The lowest BCUT2D eigenvalue weighted by atomic mass is 9.97. The monoisotopic (exact) mass is 292 g/mol. The summed E-state index contributed by atoms with van der Waals surface area (Å²) in [4.78, 5) is 25.2. The number of hydrogen-bond acceptors (Lipinski definition) is 5. The standard InChI is InChI=1S/C15H20N2O4/c1-20-14(18)13-9-17(8-12(13)7-16)15(19)21-10-11-5-3-2-4-6-11/h2-6,12-13H,7-10,16H2,1H3. The van der Waals surface area contributed by atoms with Crippen LogP contribution in [0.5, 0.6) is 0 Å². The predicted octanol–water partition coefficient (Wildman–Crippen LogP) is 1.00. The van der Waals surface area contributed by atoms with E-state index in [1.54, 1.807) is 0 Å². The molecule has 1 aliphatic rings. The summed E-state index contributed by atoms with van der Waals surface area (Å²) in [5.41, 5.74) is 6.58. The number of nitrogens with two attached hydrogens (primary N) is 1. The van der Waals surface area contributed by atoms with Crippen molar-refractivity contribution in [1.29, 1.82) is 0 Å². The second-order valence-electron chi connectivity index (χ2n) is 5.07. The molecule has 1 amide bonds. The summed E-state index contributed by atoms with van der Waals surface area (Å²) in [6.07, 6.45) is -0.427. The maximum Gasteiger partial charge on any atom is 0.410 e. The number of amides is 1. The van der Waals surface area contributed by atoms with Gasteiger partial charge in [-0.3, -0.25) is 4.79 Å². The Morgan fingerprint density at radius 2 is 2.00 bits per heavy atom. The van der Waals surface area contributed by atoms with E-state index in [4.69, 9.17) is 15.2 Å². The van der Waals surface area contributed by atoms with Crippen LogP contribution in [0.4, 0.5) is 4.79 Å². The third kappa shape index (κ3) is 3.72. The van der Waals surface area contributed by atoms with Crippen LogP contribution in [0.2, 0.25) is 0 Å². The van der Waals surface area contributed by atoms with Crippen LogP contribution in [-0.4, -0.2) is 43.7 Å². The molecule has 0 spiro atoms. The Bertz CT molecular complexity index is 492. The number of benzene rings is 1. The summed E-state index contributed by atoms with van der Waals surface area (Å²) in [6, 6.07) is 9.44. The van der Waals surface area contributed by atoms with Crippen LogP contribution in [0, 0.1) is 11.8 Å². The third-order valence-electron chi connectivity index (χ3n) is 3.71. The number of carbonyl (C=O) groups is 2. The molecule has 0 aliphatic carbocycles. The van der Waals surface area contributed by atoms with Crippen LogP contribution in [0.1, 0.15) is 5.56 Å². The molecule has 1 heterocycles. The van der Waals surface area contributed by atoms with E-state index in [0.717, 1.165) is 5.56 Å². The first-order chi connectivity index (χ1) is 10.2. The molecular weight excluding hydrogens is 272 g/mol. The van der Waals surface area contributed by atoms with E-state index in [9.17, 15) is 9.59 Å². The fraction of sp³-hybridized carbons (Fsp3) is 0.467. The Balaban J connectivity index is 1.90. The van der Waals surface area contributed by atoms with Crippen molar-refractivity contribution in [1.82, 2.24) is 4.90 Å². The smallest absolute Gasteiger partial charge is 0.410 e. The number of hydrogen-bond donors (Lipinski definition) is 1. The second kappa shape index (κ2) is 7.08. The lowest BCUT2D eigenvalue weighted by Gasteiger charge is -2.16. The van der Waals surface area contributed by atoms with Crippen molar-refractivity contribution >= 4 is 12.1 Å². The predicted molar refractivity (Wildman–Crippen MR) is 76.3 cm³/mol. The molecule has 0 radical (unpaired) electrons. The summed E-state index contributed by atoms with van der Waals surface area (Å²) in [5.74, 6) is -0.783. The third-order valence-corrected chi connectivity index (χ3v) is 3.71. The molecule has 0 aromatic heterocycles. The zero-order valence-corrected chi connectivity index (χ0v) is 12.0. The van der Waals surface area contributed by atoms with Crippen molar-refractivity contribution in [2.24, 2.45) is 17.6 Å². The van der Waals surface area contributed by atoms with Gasteiger partial charge in [-0.15, -0.1) is 0 Å². The van der Waals surface area contributed by atoms with Gasteiger partial charge in [-0.25, -0.2) is 4.79 Å². The number of rotatable bonds is 4. The highest BCUT2D eigenvalue weighted by Crippen LogP contribution is 2.24. The van der Waals surface area contributed by atoms with Crippen molar-refractivity contribution in [2.45, 2.75) is 6.61 Å². The summed E-state index contributed by atoms with van der Waals surface area (Å²) in [6.45, 7) is 1.26. The summed E-state index contributed by atoms with van der Waals surface area (Å²) >= 11 is 0. The quantitative estimate of drug-likeness (QED) is 0.837. The fourth-order valence-electron chi connectivity index (χ4n) is 2.49. The van der Waals surface area contributed by atoms with Gasteiger partial charge in [-0.2, -0.15) is 0 Å². The Kier molecular flexibility index (Phi) is 5.16. The summed E-state index contributed by atoms with van der Waals surface area (Å²) in [5, 5.41) is 0. The first kappa shape index (κ1) is 15.3. The van der Waals surface area contributed by atoms with Crippen molar-refractivity contribution < 1.29 is 19.1 Å². The van der Waals surface area contributed by atoms with Gasteiger partial charge < -0.3 is 20.1 Å². The van der Waals surface area contributed by atoms with Gasteiger partial charge in [0.1, 0.15) is 6.61 Å². The molecule has 1 saturated heterocycles. The van der Waals surface area contributed by atoms with E-state index >= 15 is 0 Å². The van der Waals surface area contributed by atoms with Gasteiger partial charge in [0.05, 0.1) is 13.0 Å². The second-order valence-corrected chi connectivity index (χ2v) is 5.07. The van der Waals surface area contributed by atoms with E-state index in [0.29, 0.717) is 19.6 Å². The lowest BCUT2D eigenvalue weighted by molar-refractivity contribution is -0.146. The molecule has 0 bridgehead atoms. The number of carbonyl (C=O) groups excluding carboxylic acids is 2. The minimum Gasteiger partial charge on any atom is -0.469 e. The van der Waals surface area contributed by atoms with Gasteiger partial charge in [0.15, 0.2) is 0 Å². The minimum atomic E-state index is -0.427. The molecule has 1 aliphatic heterocycles. The van der Waals surface area contributed by atoms with E-state index in [2.05, 4.69) is 0 Å². The van der Waals surface area contributed by atoms with Gasteiger partial charge in [0, 0.05) is 19.0 Å². The molecule has 1 fully saturated rings. The number of esters is 1. The maximum atomic E-state index is 12.0. The fourth-order valence-corrected chi connectivity index (χ4v) is 2.49. The van der Waals surface area contributed by atoms with Crippen molar-refractivity contribution in [3.63, 3.8) is 0 Å². The molecule has 2 unspecified atom stereocenters. The van der Waals surface area contributed by atoms with Gasteiger partial charge >= 0.3 is 12.1 Å². The van der Waals surface area contributed by atoms with Crippen LogP contribution in [-0.2, 0) is 20.9 Å². The van der Waals surface area contributed by atoms with E-state index in [-0.39, 0.29) is 24.4 Å². The zero-order valence-electron chi connectivity index (χ0n) is 12.0. The van der Waals surface area contributed by atoms with Crippen molar-refractivity contribution in [3.05, 3.63) is 35.9 Å². The van der Waals surface area contributed by atoms with E-state index in [1.165, 1.54) is 12.0 Å². The molecule has 0 saturated carbocycles. The first-order valence-corrected chi connectivity index (χ1v) is 6.89.